The van der Waals surface area contributed by atoms with E-state index in [0.29, 0.717) is 16.9 Å². The van der Waals surface area contributed by atoms with E-state index in [9.17, 15) is 0 Å². The van der Waals surface area contributed by atoms with Gasteiger partial charge in [-0.25, -0.2) is 4.98 Å². The van der Waals surface area contributed by atoms with E-state index in [0.717, 1.165) is 5.82 Å². The fourth-order valence-corrected chi connectivity index (χ4v) is 3.44. The van der Waals surface area contributed by atoms with Gasteiger partial charge in [-0.15, -0.1) is 0 Å². The van der Waals surface area contributed by atoms with Gasteiger partial charge in [-0.1, -0.05) is 13.3 Å². The van der Waals surface area contributed by atoms with Gasteiger partial charge in [0.2, 0.25) is 0 Å². The van der Waals surface area contributed by atoms with E-state index in [1.54, 1.807) is 6.20 Å². The summed E-state index contributed by atoms with van der Waals surface area (Å²) >= 11 is 2.03. The minimum absolute atomic E-state index is 0.528. The molecule has 1 aliphatic rings. The third-order valence-corrected chi connectivity index (χ3v) is 4.38. The third-order valence-electron chi connectivity index (χ3n) is 3.06. The Morgan fingerprint density at radius 1 is 1.53 bits per heavy atom. The minimum Gasteiger partial charge on any atom is -0.366 e. The molecule has 1 aliphatic carbocycles. The molecule has 1 N–H and O–H groups in total. The van der Waals surface area contributed by atoms with Crippen LogP contribution in [0.5, 0.6) is 0 Å². The molecule has 0 spiro atoms. The minimum atomic E-state index is 0.528. The van der Waals surface area contributed by atoms with Gasteiger partial charge in [0.25, 0.3) is 0 Å². The van der Waals surface area contributed by atoms with Gasteiger partial charge in [0.05, 0.1) is 5.56 Å². The highest BCUT2D eigenvalue weighted by Crippen LogP contribution is 2.31. The smallest absolute Gasteiger partial charge is 0.126 e. The molecule has 4 heteroatoms. The van der Waals surface area contributed by atoms with Crippen molar-refractivity contribution in [3.8, 4) is 6.07 Å². The van der Waals surface area contributed by atoms with E-state index in [-0.39, 0.29) is 0 Å². The molecular weight excluding hydrogens is 230 g/mol. The highest BCUT2D eigenvalue weighted by atomic mass is 32.2. The molecule has 2 atom stereocenters. The Hall–Kier alpha value is -1.21. The summed E-state index contributed by atoms with van der Waals surface area (Å²) in [6.45, 7) is 2.21. The Kier molecular flexibility index (Phi) is 4.27. The average Bonchev–Trinajstić information content (AvgIpc) is 2.78. The summed E-state index contributed by atoms with van der Waals surface area (Å²) in [5.74, 6) is 2.06. The molecule has 17 heavy (non-hydrogen) atoms. The molecule has 2 rings (SSSR count). The number of anilines is 1. The summed E-state index contributed by atoms with van der Waals surface area (Å²) in [5.41, 5.74) is 0.612. The van der Waals surface area contributed by atoms with Crippen LogP contribution in [0.2, 0.25) is 0 Å². The number of aromatic nitrogens is 1. The zero-order valence-corrected chi connectivity index (χ0v) is 10.8. The maximum absolute atomic E-state index is 8.71. The van der Waals surface area contributed by atoms with Gasteiger partial charge in [0.1, 0.15) is 11.9 Å². The lowest BCUT2D eigenvalue weighted by atomic mass is 10.2. The SMILES string of the molecule is CCS[C@@H]1CCC[C@@H]1Nc1ccc(C#N)cn1. The summed E-state index contributed by atoms with van der Waals surface area (Å²) in [5, 5.41) is 12.9. The van der Waals surface area contributed by atoms with Crippen LogP contribution in [0.3, 0.4) is 0 Å². The second-order valence-electron chi connectivity index (χ2n) is 4.22. The summed E-state index contributed by atoms with van der Waals surface area (Å²) in [6, 6.07) is 6.32. The largest absolute Gasteiger partial charge is 0.366 e. The molecule has 3 nitrogen and oxygen atoms in total. The highest BCUT2D eigenvalue weighted by molar-refractivity contribution is 7.99. The topological polar surface area (TPSA) is 48.7 Å². The van der Waals surface area contributed by atoms with Crippen LogP contribution in [0.1, 0.15) is 31.7 Å². The second kappa shape index (κ2) is 5.92. The fourth-order valence-electron chi connectivity index (χ4n) is 2.24. The predicted molar refractivity (Wildman–Crippen MR) is 72.1 cm³/mol. The van der Waals surface area contributed by atoms with Crippen molar-refractivity contribution in [1.29, 1.82) is 5.26 Å². The number of thioether (sulfide) groups is 1. The molecule has 1 saturated carbocycles. The number of nitrogens with zero attached hydrogens (tertiary/aromatic N) is 2. The van der Waals surface area contributed by atoms with Gasteiger partial charge in [-0.2, -0.15) is 17.0 Å². The van der Waals surface area contributed by atoms with Crippen molar-refractivity contribution >= 4 is 17.6 Å². The van der Waals surface area contributed by atoms with Crippen molar-refractivity contribution in [3.63, 3.8) is 0 Å². The summed E-state index contributed by atoms with van der Waals surface area (Å²) in [4.78, 5) is 4.26. The standard InChI is InChI=1S/C13H17N3S/c1-2-17-12-5-3-4-11(12)16-13-7-6-10(8-14)9-15-13/h6-7,9,11-12H,2-5H2,1H3,(H,15,16)/t11-,12+/m0/s1. The number of nitrogens with one attached hydrogen (secondary N) is 1. The summed E-state index contributed by atoms with van der Waals surface area (Å²) < 4.78 is 0. The van der Waals surface area contributed by atoms with Crippen molar-refractivity contribution in [1.82, 2.24) is 4.98 Å². The zero-order valence-electron chi connectivity index (χ0n) is 10.0. The lowest BCUT2D eigenvalue weighted by Crippen LogP contribution is -2.26. The number of pyridine rings is 1. The zero-order chi connectivity index (χ0) is 12.1. The first kappa shape index (κ1) is 12.3. The Balaban J connectivity index is 1.97. The number of nitriles is 1. The lowest BCUT2D eigenvalue weighted by molar-refractivity contribution is 0.762. The monoisotopic (exact) mass is 247 g/mol. The summed E-state index contributed by atoms with van der Waals surface area (Å²) in [6.07, 6.45) is 5.44. The van der Waals surface area contributed by atoms with Gasteiger partial charge in [0.15, 0.2) is 0 Å². The van der Waals surface area contributed by atoms with Gasteiger partial charge in [0, 0.05) is 17.5 Å². The Bertz CT molecular complexity index is 396. The average molecular weight is 247 g/mol. The molecule has 1 heterocycles. The van der Waals surface area contributed by atoms with Crippen LogP contribution < -0.4 is 5.32 Å². The number of hydrogen-bond donors (Lipinski definition) is 1. The van der Waals surface area contributed by atoms with E-state index in [1.165, 1.54) is 25.0 Å². The molecule has 90 valence electrons. The lowest BCUT2D eigenvalue weighted by Gasteiger charge is -2.20. The van der Waals surface area contributed by atoms with Crippen molar-refractivity contribution in [3.05, 3.63) is 23.9 Å². The molecule has 0 amide bonds. The number of rotatable bonds is 4. The maximum Gasteiger partial charge on any atom is 0.126 e. The van der Waals surface area contributed by atoms with Crippen LogP contribution in [0.4, 0.5) is 5.82 Å². The highest BCUT2D eigenvalue weighted by Gasteiger charge is 2.27. The van der Waals surface area contributed by atoms with Gasteiger partial charge in [-0.3, -0.25) is 0 Å². The third kappa shape index (κ3) is 3.13. The predicted octanol–water partition coefficient (Wildman–Crippen LogP) is 3.04. The van der Waals surface area contributed by atoms with Gasteiger partial charge in [-0.05, 0) is 30.7 Å². The quantitative estimate of drug-likeness (QED) is 0.888. The molecule has 0 unspecified atom stereocenters. The maximum atomic E-state index is 8.71. The van der Waals surface area contributed by atoms with E-state index in [1.807, 2.05) is 23.9 Å². The fraction of sp³-hybridized carbons (Fsp3) is 0.538. The van der Waals surface area contributed by atoms with Crippen LogP contribution in [0, 0.1) is 11.3 Å². The van der Waals surface area contributed by atoms with Crippen molar-refractivity contribution < 1.29 is 0 Å². The molecule has 1 aromatic rings. The van der Waals surface area contributed by atoms with E-state index in [2.05, 4.69) is 23.3 Å². The first-order valence-corrected chi connectivity index (χ1v) is 7.12. The van der Waals surface area contributed by atoms with Gasteiger partial charge < -0.3 is 5.32 Å². The molecule has 0 aromatic carbocycles. The first-order valence-electron chi connectivity index (χ1n) is 6.07. The Morgan fingerprint density at radius 3 is 3.06 bits per heavy atom. The van der Waals surface area contributed by atoms with Crippen LogP contribution in [0.15, 0.2) is 18.3 Å². The first-order chi connectivity index (χ1) is 8.33. The second-order valence-corrected chi connectivity index (χ2v) is 5.74. The van der Waals surface area contributed by atoms with E-state index in [4.69, 9.17) is 5.26 Å². The molecular formula is C13H17N3S. The van der Waals surface area contributed by atoms with E-state index >= 15 is 0 Å². The molecule has 0 aliphatic heterocycles. The van der Waals surface area contributed by atoms with Crippen molar-refractivity contribution in [2.75, 3.05) is 11.1 Å². The van der Waals surface area contributed by atoms with Crippen molar-refractivity contribution in [2.45, 2.75) is 37.5 Å². The molecule has 1 aromatic heterocycles. The normalized spacial score (nSPS) is 23.3. The molecule has 0 saturated heterocycles. The van der Waals surface area contributed by atoms with Crippen molar-refractivity contribution in [2.24, 2.45) is 0 Å². The van der Waals surface area contributed by atoms with Crippen LogP contribution in [0.25, 0.3) is 0 Å². The van der Waals surface area contributed by atoms with Crippen LogP contribution in [-0.4, -0.2) is 22.0 Å². The Morgan fingerprint density at radius 2 is 2.41 bits per heavy atom. The van der Waals surface area contributed by atoms with Gasteiger partial charge >= 0.3 is 0 Å². The van der Waals surface area contributed by atoms with Crippen LogP contribution >= 0.6 is 11.8 Å². The number of hydrogen-bond acceptors (Lipinski definition) is 4. The molecule has 0 radical (unpaired) electrons. The van der Waals surface area contributed by atoms with Crippen LogP contribution in [-0.2, 0) is 0 Å². The Labute approximate surface area is 107 Å². The summed E-state index contributed by atoms with van der Waals surface area (Å²) in [7, 11) is 0. The molecule has 0 bridgehead atoms. The van der Waals surface area contributed by atoms with E-state index < -0.39 is 0 Å². The molecule has 1 fully saturated rings.